The van der Waals surface area contributed by atoms with Crippen molar-refractivity contribution >= 4 is 22.6 Å². The lowest BCUT2D eigenvalue weighted by Gasteiger charge is -2.19. The van der Waals surface area contributed by atoms with E-state index < -0.39 is 5.97 Å². The molecule has 0 unspecified atom stereocenters. The number of ether oxygens (including phenoxy) is 1. The molecule has 2 aromatic rings. The molecule has 5 nitrogen and oxygen atoms in total. The fourth-order valence-corrected chi connectivity index (χ4v) is 2.74. The molecule has 0 amide bonds. The van der Waals surface area contributed by atoms with E-state index in [1.165, 1.54) is 0 Å². The lowest BCUT2D eigenvalue weighted by atomic mass is 9.93. The number of carboxylic acid groups (broad SMARTS) is 1. The minimum absolute atomic E-state index is 0.379. The Kier molecular flexibility index (Phi) is 3.18. The van der Waals surface area contributed by atoms with Crippen LogP contribution in [0.3, 0.4) is 0 Å². The van der Waals surface area contributed by atoms with Gasteiger partial charge in [-0.25, -0.2) is 4.79 Å². The number of pyridine rings is 1. The van der Waals surface area contributed by atoms with E-state index in [1.54, 1.807) is 12.1 Å². The van der Waals surface area contributed by atoms with Crippen molar-refractivity contribution in [2.45, 2.75) is 25.7 Å². The molecule has 0 saturated carbocycles. The van der Waals surface area contributed by atoms with Gasteiger partial charge in [0.2, 0.25) is 0 Å². The summed E-state index contributed by atoms with van der Waals surface area (Å²) in [4.78, 5) is 15.3. The molecule has 0 fully saturated rings. The monoisotopic (exact) mass is 272 g/mol. The number of nitrogens with two attached hydrogens (primary N) is 1. The van der Waals surface area contributed by atoms with Crippen molar-refractivity contribution in [1.82, 2.24) is 4.98 Å². The summed E-state index contributed by atoms with van der Waals surface area (Å²) in [6.07, 6.45) is 4.13. The van der Waals surface area contributed by atoms with Crippen LogP contribution in [0.25, 0.3) is 10.9 Å². The first-order valence-electron chi connectivity index (χ1n) is 6.71. The zero-order valence-electron chi connectivity index (χ0n) is 11.1. The fourth-order valence-electron chi connectivity index (χ4n) is 2.74. The van der Waals surface area contributed by atoms with E-state index in [0.717, 1.165) is 47.8 Å². The van der Waals surface area contributed by atoms with Gasteiger partial charge in [0.1, 0.15) is 5.75 Å². The van der Waals surface area contributed by atoms with Gasteiger partial charge in [-0.2, -0.15) is 0 Å². The van der Waals surface area contributed by atoms with Crippen LogP contribution in [0.2, 0.25) is 0 Å². The molecule has 5 heteroatoms. The quantitative estimate of drug-likeness (QED) is 0.894. The van der Waals surface area contributed by atoms with Gasteiger partial charge in [-0.1, -0.05) is 6.07 Å². The van der Waals surface area contributed by atoms with Crippen LogP contribution < -0.4 is 10.5 Å². The number of hydrogen-bond acceptors (Lipinski definition) is 4. The second kappa shape index (κ2) is 5.00. The Labute approximate surface area is 116 Å². The predicted molar refractivity (Wildman–Crippen MR) is 75.9 cm³/mol. The molecule has 0 saturated heterocycles. The molecule has 20 heavy (non-hydrogen) atoms. The van der Waals surface area contributed by atoms with Gasteiger partial charge >= 0.3 is 5.97 Å². The molecule has 1 aliphatic rings. The van der Waals surface area contributed by atoms with Gasteiger partial charge in [0.15, 0.2) is 6.61 Å². The molecule has 0 spiro atoms. The van der Waals surface area contributed by atoms with Crippen molar-refractivity contribution in [1.29, 1.82) is 0 Å². The first kappa shape index (κ1) is 12.7. The lowest BCUT2D eigenvalue weighted by Crippen LogP contribution is -2.12. The minimum Gasteiger partial charge on any atom is -0.481 e. The number of carbonyl (C=O) groups is 1. The van der Waals surface area contributed by atoms with Crippen LogP contribution in [0.1, 0.15) is 24.1 Å². The number of fused-ring (bicyclic) bond motifs is 2. The van der Waals surface area contributed by atoms with Gasteiger partial charge in [0, 0.05) is 11.4 Å². The Balaban J connectivity index is 2.15. The van der Waals surface area contributed by atoms with Crippen molar-refractivity contribution in [3.63, 3.8) is 0 Å². The molecular formula is C15H16N2O3. The maximum atomic E-state index is 10.7. The molecular weight excluding hydrogens is 256 g/mol. The molecule has 0 aliphatic heterocycles. The van der Waals surface area contributed by atoms with Crippen LogP contribution in [-0.2, 0) is 17.6 Å². The van der Waals surface area contributed by atoms with E-state index in [2.05, 4.69) is 4.98 Å². The molecule has 0 radical (unpaired) electrons. The van der Waals surface area contributed by atoms with E-state index in [-0.39, 0.29) is 6.61 Å². The number of anilines is 1. The SMILES string of the molecule is Nc1c2c(nc3cccc(OCC(=O)O)c13)CCCC2. The van der Waals surface area contributed by atoms with Crippen molar-refractivity contribution < 1.29 is 14.6 Å². The molecule has 0 atom stereocenters. The Hall–Kier alpha value is -2.30. The van der Waals surface area contributed by atoms with Gasteiger partial charge in [-0.3, -0.25) is 4.98 Å². The number of benzene rings is 1. The minimum atomic E-state index is -1.01. The summed E-state index contributed by atoms with van der Waals surface area (Å²) in [7, 11) is 0. The van der Waals surface area contributed by atoms with E-state index in [4.69, 9.17) is 15.6 Å². The summed E-state index contributed by atoms with van der Waals surface area (Å²) < 4.78 is 5.33. The number of nitrogens with zero attached hydrogens (tertiary/aromatic N) is 1. The Morgan fingerprint density at radius 3 is 2.95 bits per heavy atom. The van der Waals surface area contributed by atoms with E-state index in [0.29, 0.717) is 11.4 Å². The second-order valence-corrected chi connectivity index (χ2v) is 4.99. The fraction of sp³-hybridized carbons (Fsp3) is 0.333. The Morgan fingerprint density at radius 2 is 2.15 bits per heavy atom. The molecule has 3 N–H and O–H groups in total. The highest BCUT2D eigenvalue weighted by atomic mass is 16.5. The third-order valence-electron chi connectivity index (χ3n) is 3.64. The number of aryl methyl sites for hydroxylation is 1. The molecule has 104 valence electrons. The summed E-state index contributed by atoms with van der Waals surface area (Å²) in [5.74, 6) is -0.519. The van der Waals surface area contributed by atoms with Crippen LogP contribution in [-0.4, -0.2) is 22.7 Å². The number of nitrogen functional groups attached to an aromatic ring is 1. The van der Waals surface area contributed by atoms with Crippen molar-refractivity contribution in [3.05, 3.63) is 29.5 Å². The zero-order chi connectivity index (χ0) is 14.1. The highest BCUT2D eigenvalue weighted by molar-refractivity contribution is 5.97. The highest BCUT2D eigenvalue weighted by Crippen LogP contribution is 2.36. The summed E-state index contributed by atoms with van der Waals surface area (Å²) >= 11 is 0. The average Bonchev–Trinajstić information content (AvgIpc) is 2.45. The van der Waals surface area contributed by atoms with Gasteiger partial charge in [-0.15, -0.1) is 0 Å². The highest BCUT2D eigenvalue weighted by Gasteiger charge is 2.18. The van der Waals surface area contributed by atoms with Gasteiger partial charge in [0.05, 0.1) is 10.9 Å². The second-order valence-electron chi connectivity index (χ2n) is 4.99. The molecule has 1 aromatic heterocycles. The zero-order valence-corrected chi connectivity index (χ0v) is 11.1. The molecule has 1 aromatic carbocycles. The van der Waals surface area contributed by atoms with E-state index in [9.17, 15) is 4.79 Å². The van der Waals surface area contributed by atoms with Gasteiger partial charge in [-0.05, 0) is 43.4 Å². The molecule has 1 aliphatic carbocycles. The molecule has 3 rings (SSSR count). The topological polar surface area (TPSA) is 85.4 Å². The lowest BCUT2D eigenvalue weighted by molar-refractivity contribution is -0.139. The maximum Gasteiger partial charge on any atom is 0.341 e. The third kappa shape index (κ3) is 2.15. The molecule has 1 heterocycles. The van der Waals surface area contributed by atoms with Gasteiger partial charge < -0.3 is 15.6 Å². The summed E-state index contributed by atoms with van der Waals surface area (Å²) in [6, 6.07) is 5.42. The van der Waals surface area contributed by atoms with E-state index >= 15 is 0 Å². The van der Waals surface area contributed by atoms with Crippen molar-refractivity contribution in [2.24, 2.45) is 0 Å². The number of rotatable bonds is 3. The first-order valence-corrected chi connectivity index (χ1v) is 6.71. The summed E-state index contributed by atoms with van der Waals surface area (Å²) in [5, 5.41) is 9.47. The van der Waals surface area contributed by atoms with Crippen molar-refractivity contribution in [3.8, 4) is 5.75 Å². The average molecular weight is 272 g/mol. The number of hydrogen-bond donors (Lipinski definition) is 2. The van der Waals surface area contributed by atoms with Crippen LogP contribution in [0, 0.1) is 0 Å². The third-order valence-corrected chi connectivity index (χ3v) is 3.64. The summed E-state index contributed by atoms with van der Waals surface area (Å²) in [5.41, 5.74) is 9.89. The van der Waals surface area contributed by atoms with Crippen LogP contribution in [0.4, 0.5) is 5.69 Å². The van der Waals surface area contributed by atoms with Crippen LogP contribution in [0.15, 0.2) is 18.2 Å². The smallest absolute Gasteiger partial charge is 0.341 e. The Morgan fingerprint density at radius 1 is 1.35 bits per heavy atom. The Bertz CT molecular complexity index is 682. The van der Waals surface area contributed by atoms with Crippen LogP contribution in [0.5, 0.6) is 5.75 Å². The molecule has 0 bridgehead atoms. The maximum absolute atomic E-state index is 10.7. The predicted octanol–water partition coefficient (Wildman–Crippen LogP) is 2.16. The number of aliphatic carboxylic acids is 1. The number of aromatic nitrogens is 1. The largest absolute Gasteiger partial charge is 0.481 e. The van der Waals surface area contributed by atoms with Gasteiger partial charge in [0.25, 0.3) is 0 Å². The number of carboxylic acids is 1. The first-order chi connectivity index (χ1) is 9.66. The normalized spacial score (nSPS) is 14.0. The van der Waals surface area contributed by atoms with E-state index in [1.807, 2.05) is 6.07 Å². The van der Waals surface area contributed by atoms with Crippen LogP contribution >= 0.6 is 0 Å². The van der Waals surface area contributed by atoms with Crippen molar-refractivity contribution in [2.75, 3.05) is 12.3 Å². The standard InChI is InChI=1S/C15H16N2O3/c16-15-9-4-1-2-5-10(9)17-11-6-3-7-12(14(11)15)20-8-13(18)19/h3,6-7H,1-2,4-5,8H2,(H2,16,17)(H,18,19). The summed E-state index contributed by atoms with van der Waals surface area (Å²) in [6.45, 7) is -0.379.